The van der Waals surface area contributed by atoms with Gasteiger partial charge in [-0.1, -0.05) is 0 Å². The zero-order valence-electron chi connectivity index (χ0n) is 20.8. The van der Waals surface area contributed by atoms with Crippen LogP contribution in [-0.2, 0) is 9.47 Å². The fourth-order valence-corrected chi connectivity index (χ4v) is 5.39. The van der Waals surface area contributed by atoms with Crippen molar-refractivity contribution in [3.05, 3.63) is 41.7 Å². The number of aromatic nitrogens is 6. The zero-order valence-corrected chi connectivity index (χ0v) is 20.8. The van der Waals surface area contributed by atoms with Gasteiger partial charge < -0.3 is 14.4 Å². The highest BCUT2D eigenvalue weighted by Crippen LogP contribution is 2.40. The lowest BCUT2D eigenvalue weighted by molar-refractivity contribution is -0.0383. The Balaban J connectivity index is 1.62. The molecule has 0 saturated carbocycles. The highest BCUT2D eigenvalue weighted by molar-refractivity contribution is 6.02. The molecule has 6 rings (SSSR count). The van der Waals surface area contributed by atoms with Crippen LogP contribution >= 0.6 is 0 Å². The van der Waals surface area contributed by atoms with Gasteiger partial charge in [-0.3, -0.25) is 5.10 Å². The number of aromatic amines is 1. The van der Waals surface area contributed by atoms with E-state index in [4.69, 9.17) is 14.5 Å². The summed E-state index contributed by atoms with van der Waals surface area (Å²) in [5.41, 5.74) is 5.15. The Bertz CT molecular complexity index is 1390. The fraction of sp³-hybridized carbons (Fsp3) is 0.462. The van der Waals surface area contributed by atoms with Crippen LogP contribution in [0.1, 0.15) is 43.8 Å². The van der Waals surface area contributed by atoms with Crippen LogP contribution in [-0.4, -0.2) is 62.4 Å². The minimum atomic E-state index is -0.419. The predicted molar refractivity (Wildman–Crippen MR) is 134 cm³/mol. The first-order valence-electron chi connectivity index (χ1n) is 12.5. The van der Waals surface area contributed by atoms with Crippen molar-refractivity contribution < 1.29 is 13.9 Å². The Morgan fingerprint density at radius 2 is 2.08 bits per heavy atom. The number of pyridine rings is 2. The van der Waals surface area contributed by atoms with Gasteiger partial charge in [-0.25, -0.2) is 19.0 Å². The lowest BCUT2D eigenvalue weighted by Gasteiger charge is -2.34. The van der Waals surface area contributed by atoms with Crippen molar-refractivity contribution in [1.29, 1.82) is 0 Å². The molecule has 0 amide bonds. The summed E-state index contributed by atoms with van der Waals surface area (Å²) < 4.78 is 29.2. The second-order valence-electron chi connectivity index (χ2n) is 9.61. The van der Waals surface area contributed by atoms with Crippen molar-refractivity contribution in [1.82, 2.24) is 29.9 Å². The van der Waals surface area contributed by atoms with Crippen LogP contribution in [0.5, 0.6) is 0 Å². The average Bonchev–Trinajstić information content (AvgIpc) is 3.51. The molecule has 2 aliphatic rings. The highest BCUT2D eigenvalue weighted by atomic mass is 19.1. The summed E-state index contributed by atoms with van der Waals surface area (Å²) in [6.45, 7) is 8.61. The number of hydrogen-bond donors (Lipinski definition) is 1. The van der Waals surface area contributed by atoms with E-state index in [1.165, 1.54) is 6.20 Å². The van der Waals surface area contributed by atoms with Crippen LogP contribution in [0.4, 0.5) is 10.2 Å². The van der Waals surface area contributed by atoms with Gasteiger partial charge in [0.05, 0.1) is 36.8 Å². The molecule has 0 aromatic carbocycles. The number of ether oxygens (including phenoxy) is 2. The van der Waals surface area contributed by atoms with Crippen molar-refractivity contribution in [2.24, 2.45) is 0 Å². The molecule has 1 N–H and O–H groups in total. The van der Waals surface area contributed by atoms with Gasteiger partial charge in [0.1, 0.15) is 17.0 Å². The molecule has 2 atom stereocenters. The maximum atomic E-state index is 15.6. The number of nitrogens with one attached hydrogen (secondary N) is 1. The van der Waals surface area contributed by atoms with E-state index < -0.39 is 5.82 Å². The van der Waals surface area contributed by atoms with Gasteiger partial charge >= 0.3 is 0 Å². The van der Waals surface area contributed by atoms with Crippen molar-refractivity contribution in [2.45, 2.75) is 52.3 Å². The van der Waals surface area contributed by atoms with Crippen molar-refractivity contribution in [3.63, 3.8) is 0 Å². The lowest BCUT2D eigenvalue weighted by Crippen LogP contribution is -2.44. The van der Waals surface area contributed by atoms with E-state index in [1.54, 1.807) is 6.20 Å². The zero-order chi connectivity index (χ0) is 24.8. The molecule has 2 aliphatic heterocycles. The molecule has 2 saturated heterocycles. The first-order chi connectivity index (χ1) is 17.5. The molecule has 0 aliphatic carbocycles. The monoisotopic (exact) mass is 491 g/mol. The van der Waals surface area contributed by atoms with Crippen LogP contribution in [0.25, 0.3) is 33.4 Å². The summed E-state index contributed by atoms with van der Waals surface area (Å²) in [4.78, 5) is 11.8. The van der Waals surface area contributed by atoms with Gasteiger partial charge in [0, 0.05) is 41.6 Å². The minimum absolute atomic E-state index is 0.134. The van der Waals surface area contributed by atoms with Gasteiger partial charge in [-0.2, -0.15) is 10.2 Å². The molecule has 4 aromatic heterocycles. The first kappa shape index (κ1) is 23.1. The number of halogens is 1. The second-order valence-corrected chi connectivity index (χ2v) is 9.61. The van der Waals surface area contributed by atoms with E-state index in [0.29, 0.717) is 43.0 Å². The third-order valence-electron chi connectivity index (χ3n) is 7.18. The van der Waals surface area contributed by atoms with Gasteiger partial charge in [-0.05, 0) is 52.2 Å². The number of H-pyrrole nitrogens is 1. The molecule has 10 heteroatoms. The van der Waals surface area contributed by atoms with Crippen LogP contribution in [0.3, 0.4) is 0 Å². The predicted octanol–water partition coefficient (Wildman–Crippen LogP) is 4.56. The third-order valence-corrected chi connectivity index (χ3v) is 7.18. The molecular weight excluding hydrogens is 461 g/mol. The summed E-state index contributed by atoms with van der Waals surface area (Å²) in [6, 6.07) is 4.01. The SMILES string of the molecule is Cc1n[nH]c(C)c1-c1cc(N2CCOC[C@H]2C)nc2c(-c3ccnn3C3CCCCO3)ncc(F)c12. The van der Waals surface area contributed by atoms with Crippen LogP contribution < -0.4 is 4.90 Å². The molecule has 2 fully saturated rings. The highest BCUT2D eigenvalue weighted by Gasteiger charge is 2.27. The molecule has 188 valence electrons. The number of fused-ring (bicyclic) bond motifs is 1. The first-order valence-corrected chi connectivity index (χ1v) is 12.5. The van der Waals surface area contributed by atoms with Crippen LogP contribution in [0.15, 0.2) is 24.5 Å². The molecule has 0 bridgehead atoms. The standard InChI is InChI=1S/C26H30FN7O2/c1-15-14-35-11-9-33(15)21-12-18(23-16(2)31-32-17(23)3)24-19(27)13-28-25(26(24)30-21)20-7-8-29-34(20)22-6-4-5-10-36-22/h7-8,12-13,15,22H,4-6,9-11,14H2,1-3H3,(H,31,32)/t15-,22?/m1/s1. The van der Waals surface area contributed by atoms with Crippen LogP contribution in [0, 0.1) is 19.7 Å². The summed E-state index contributed by atoms with van der Waals surface area (Å²) in [6.07, 6.45) is 5.83. The van der Waals surface area contributed by atoms with Crippen molar-refractivity contribution >= 4 is 16.7 Å². The minimum Gasteiger partial charge on any atom is -0.377 e. The van der Waals surface area contributed by atoms with Crippen LogP contribution in [0.2, 0.25) is 0 Å². The Morgan fingerprint density at radius 3 is 2.83 bits per heavy atom. The second kappa shape index (κ2) is 9.25. The maximum absolute atomic E-state index is 15.6. The van der Waals surface area contributed by atoms with Gasteiger partial charge in [0.25, 0.3) is 0 Å². The largest absolute Gasteiger partial charge is 0.377 e. The van der Waals surface area contributed by atoms with E-state index in [1.807, 2.05) is 30.7 Å². The number of anilines is 1. The van der Waals surface area contributed by atoms with E-state index >= 15 is 4.39 Å². The fourth-order valence-electron chi connectivity index (χ4n) is 5.39. The molecule has 0 spiro atoms. The normalized spacial score (nSPS) is 20.8. The quantitative estimate of drug-likeness (QED) is 0.447. The Kier molecular flexibility index (Phi) is 5.93. The third kappa shape index (κ3) is 3.84. The molecule has 36 heavy (non-hydrogen) atoms. The number of hydrogen-bond acceptors (Lipinski definition) is 7. The van der Waals surface area contributed by atoms with Gasteiger partial charge in [0.2, 0.25) is 0 Å². The van der Waals surface area contributed by atoms with E-state index in [9.17, 15) is 0 Å². The smallest absolute Gasteiger partial charge is 0.151 e. The molecule has 9 nitrogen and oxygen atoms in total. The van der Waals surface area contributed by atoms with Gasteiger partial charge in [0.15, 0.2) is 12.0 Å². The summed E-state index contributed by atoms with van der Waals surface area (Å²) >= 11 is 0. The summed E-state index contributed by atoms with van der Waals surface area (Å²) in [5, 5.41) is 12.4. The van der Waals surface area contributed by atoms with E-state index in [2.05, 4.69) is 32.1 Å². The lowest BCUT2D eigenvalue weighted by atomic mass is 9.98. The molecule has 1 unspecified atom stereocenters. The Labute approximate surface area is 208 Å². The summed E-state index contributed by atoms with van der Waals surface area (Å²) in [5.74, 6) is 0.347. The summed E-state index contributed by atoms with van der Waals surface area (Å²) in [7, 11) is 0. The topological polar surface area (TPSA) is 94.0 Å². The van der Waals surface area contributed by atoms with Gasteiger partial charge in [-0.15, -0.1) is 0 Å². The Hall–Kier alpha value is -3.37. The van der Waals surface area contributed by atoms with E-state index in [0.717, 1.165) is 53.3 Å². The number of rotatable bonds is 4. The maximum Gasteiger partial charge on any atom is 0.151 e. The number of morpholine rings is 1. The molecule has 0 radical (unpaired) electrons. The van der Waals surface area contributed by atoms with Crippen molar-refractivity contribution in [2.75, 3.05) is 31.3 Å². The number of nitrogens with zero attached hydrogens (tertiary/aromatic N) is 6. The Morgan fingerprint density at radius 1 is 1.19 bits per heavy atom. The molecule has 4 aromatic rings. The van der Waals surface area contributed by atoms with Crippen molar-refractivity contribution in [3.8, 4) is 22.5 Å². The number of aryl methyl sites for hydroxylation is 2. The molecular formula is C26H30FN7O2. The van der Waals surface area contributed by atoms with E-state index in [-0.39, 0.29) is 12.3 Å². The average molecular weight is 492 g/mol. The molecule has 6 heterocycles.